The molecule has 1 atom stereocenters. The average molecular weight is 287 g/mol. The summed E-state index contributed by atoms with van der Waals surface area (Å²) in [5, 5.41) is 0. The maximum Gasteiger partial charge on any atom is 0.347 e. The fraction of sp³-hybridized carbons (Fsp3) is 0.385. The molecule has 1 aromatic rings. The van der Waals surface area contributed by atoms with Gasteiger partial charge in [-0.05, 0) is 19.4 Å². The number of benzene rings is 1. The van der Waals surface area contributed by atoms with Crippen molar-refractivity contribution in [2.24, 2.45) is 0 Å². The molecule has 7 heteroatoms. The summed E-state index contributed by atoms with van der Waals surface area (Å²) in [5.74, 6) is -4.11. The van der Waals surface area contributed by atoms with E-state index >= 15 is 0 Å². The van der Waals surface area contributed by atoms with Gasteiger partial charge in [-0.15, -0.1) is 0 Å². The van der Waals surface area contributed by atoms with E-state index in [4.69, 9.17) is 15.2 Å². The normalized spacial score (nSPS) is 11.8. The van der Waals surface area contributed by atoms with Crippen LogP contribution < -0.4 is 5.73 Å². The maximum absolute atomic E-state index is 13.1. The number of hydrogen-bond acceptors (Lipinski definition) is 5. The summed E-state index contributed by atoms with van der Waals surface area (Å²) < 4.78 is 35.6. The molecule has 1 aromatic carbocycles. The summed E-state index contributed by atoms with van der Waals surface area (Å²) in [5.41, 5.74) is 4.81. The molecule has 0 aromatic heterocycles. The molecule has 0 spiro atoms. The number of carbonyl (C=O) groups is 2. The fourth-order valence-corrected chi connectivity index (χ4v) is 1.47. The molecule has 0 saturated carbocycles. The first-order chi connectivity index (χ1) is 9.40. The first-order valence-electron chi connectivity index (χ1n) is 6.02. The van der Waals surface area contributed by atoms with Crippen molar-refractivity contribution in [3.05, 3.63) is 29.3 Å². The van der Waals surface area contributed by atoms with Gasteiger partial charge in [-0.2, -0.15) is 0 Å². The van der Waals surface area contributed by atoms with E-state index in [2.05, 4.69) is 0 Å². The third kappa shape index (κ3) is 3.66. The molecule has 0 heterocycles. The molecule has 0 aliphatic heterocycles. The van der Waals surface area contributed by atoms with Crippen LogP contribution in [0.2, 0.25) is 0 Å². The summed E-state index contributed by atoms with van der Waals surface area (Å²) in [4.78, 5) is 23.3. The molecule has 5 nitrogen and oxygen atoms in total. The topological polar surface area (TPSA) is 78.6 Å². The molecular weight excluding hydrogens is 272 g/mol. The fourth-order valence-electron chi connectivity index (χ4n) is 1.47. The van der Waals surface area contributed by atoms with Gasteiger partial charge in [0.15, 0.2) is 17.7 Å². The predicted octanol–water partition coefficient (Wildman–Crippen LogP) is 2.05. The van der Waals surface area contributed by atoms with Crippen molar-refractivity contribution in [1.82, 2.24) is 0 Å². The number of rotatable bonds is 5. The lowest BCUT2D eigenvalue weighted by Gasteiger charge is -2.15. The minimum Gasteiger partial charge on any atom is -0.463 e. The molecule has 1 rings (SSSR count). The Bertz CT molecular complexity index is 519. The van der Waals surface area contributed by atoms with Crippen LogP contribution in [0.15, 0.2) is 12.1 Å². The predicted molar refractivity (Wildman–Crippen MR) is 66.9 cm³/mol. The zero-order chi connectivity index (χ0) is 15.3. The molecule has 0 aliphatic rings. The highest BCUT2D eigenvalue weighted by molar-refractivity contribution is 5.96. The summed E-state index contributed by atoms with van der Waals surface area (Å²) in [7, 11) is 0. The van der Waals surface area contributed by atoms with Crippen molar-refractivity contribution in [2.45, 2.75) is 26.4 Å². The second kappa shape index (κ2) is 6.83. The zero-order valence-corrected chi connectivity index (χ0v) is 11.1. The molecule has 1 unspecified atom stereocenters. The van der Waals surface area contributed by atoms with Crippen LogP contribution in [0.5, 0.6) is 0 Å². The number of halogens is 2. The van der Waals surface area contributed by atoms with Gasteiger partial charge in [0.1, 0.15) is 0 Å². The number of nitrogens with two attached hydrogens (primary N) is 1. The van der Waals surface area contributed by atoms with E-state index in [1.54, 1.807) is 13.8 Å². The quantitative estimate of drug-likeness (QED) is 0.662. The number of hydrogen-bond donors (Lipinski definition) is 1. The Labute approximate surface area is 114 Å². The average Bonchev–Trinajstić information content (AvgIpc) is 2.40. The van der Waals surface area contributed by atoms with Gasteiger partial charge in [-0.3, -0.25) is 0 Å². The molecule has 0 bridgehead atoms. The van der Waals surface area contributed by atoms with Crippen LogP contribution in [0.25, 0.3) is 0 Å². The second-order valence-corrected chi connectivity index (χ2v) is 3.91. The number of esters is 2. The largest absolute Gasteiger partial charge is 0.463 e. The van der Waals surface area contributed by atoms with Crippen molar-refractivity contribution in [1.29, 1.82) is 0 Å². The summed E-state index contributed by atoms with van der Waals surface area (Å²) >= 11 is 0. The molecular formula is C13H15F2NO4. The number of carbonyl (C=O) groups excluding carboxylic acids is 2. The highest BCUT2D eigenvalue weighted by Gasteiger charge is 2.25. The zero-order valence-electron chi connectivity index (χ0n) is 11.1. The summed E-state index contributed by atoms with van der Waals surface area (Å²) in [6.07, 6.45) is -0.927. The highest BCUT2D eigenvalue weighted by atomic mass is 19.2. The molecule has 0 fully saturated rings. The van der Waals surface area contributed by atoms with Crippen LogP contribution in [0.3, 0.4) is 0 Å². The molecule has 0 aliphatic carbocycles. The Kier molecular flexibility index (Phi) is 5.42. The van der Waals surface area contributed by atoms with Gasteiger partial charge in [-0.1, -0.05) is 6.92 Å². The van der Waals surface area contributed by atoms with E-state index in [0.29, 0.717) is 12.1 Å². The SMILES string of the molecule is CCOC(=O)C(CC)OC(=O)c1cc(F)c(F)cc1N. The monoisotopic (exact) mass is 287 g/mol. The van der Waals surface area contributed by atoms with Crippen molar-refractivity contribution < 1.29 is 27.8 Å². The smallest absolute Gasteiger partial charge is 0.347 e. The Morgan fingerprint density at radius 3 is 2.40 bits per heavy atom. The van der Waals surface area contributed by atoms with E-state index in [1.165, 1.54) is 0 Å². The Morgan fingerprint density at radius 2 is 1.85 bits per heavy atom. The molecule has 110 valence electrons. The molecule has 0 amide bonds. The van der Waals surface area contributed by atoms with Gasteiger partial charge in [0.05, 0.1) is 12.2 Å². The molecule has 0 saturated heterocycles. The minimum atomic E-state index is -1.23. The molecule has 2 N–H and O–H groups in total. The Balaban J connectivity index is 2.90. The van der Waals surface area contributed by atoms with Gasteiger partial charge < -0.3 is 15.2 Å². The van der Waals surface area contributed by atoms with E-state index < -0.39 is 29.7 Å². The van der Waals surface area contributed by atoms with Gasteiger partial charge >= 0.3 is 11.9 Å². The van der Waals surface area contributed by atoms with E-state index in [-0.39, 0.29) is 24.3 Å². The number of nitrogen functional groups attached to an aromatic ring is 1. The lowest BCUT2D eigenvalue weighted by Crippen LogP contribution is -2.29. The van der Waals surface area contributed by atoms with Gasteiger partial charge in [0, 0.05) is 11.8 Å². The van der Waals surface area contributed by atoms with Crippen molar-refractivity contribution in [3.63, 3.8) is 0 Å². The Hall–Kier alpha value is -2.18. The van der Waals surface area contributed by atoms with Crippen LogP contribution in [-0.2, 0) is 14.3 Å². The van der Waals surface area contributed by atoms with Gasteiger partial charge in [0.2, 0.25) is 0 Å². The lowest BCUT2D eigenvalue weighted by atomic mass is 10.1. The second-order valence-electron chi connectivity index (χ2n) is 3.91. The van der Waals surface area contributed by atoms with E-state index in [0.717, 1.165) is 0 Å². The van der Waals surface area contributed by atoms with Crippen LogP contribution in [0, 0.1) is 11.6 Å². The van der Waals surface area contributed by atoms with Crippen molar-refractivity contribution >= 4 is 17.6 Å². The minimum absolute atomic E-state index is 0.139. The third-order valence-corrected chi connectivity index (χ3v) is 2.48. The first kappa shape index (κ1) is 15.9. The summed E-state index contributed by atoms with van der Waals surface area (Å²) in [6, 6.07) is 1.31. The number of anilines is 1. The van der Waals surface area contributed by atoms with Crippen molar-refractivity contribution in [3.8, 4) is 0 Å². The standard InChI is InChI=1S/C13H15F2NO4/c1-3-11(13(18)19-4-2)20-12(17)7-5-8(14)9(15)6-10(7)16/h5-6,11H,3-4,16H2,1-2H3. The lowest BCUT2D eigenvalue weighted by molar-refractivity contribution is -0.153. The van der Waals surface area contributed by atoms with Crippen LogP contribution in [0.1, 0.15) is 30.6 Å². The Morgan fingerprint density at radius 1 is 1.25 bits per heavy atom. The number of ether oxygens (including phenoxy) is 2. The first-order valence-corrected chi connectivity index (χ1v) is 6.02. The molecule has 20 heavy (non-hydrogen) atoms. The van der Waals surface area contributed by atoms with Gasteiger partial charge in [-0.25, -0.2) is 18.4 Å². The van der Waals surface area contributed by atoms with Crippen LogP contribution in [0.4, 0.5) is 14.5 Å². The van der Waals surface area contributed by atoms with E-state index in [9.17, 15) is 18.4 Å². The van der Waals surface area contributed by atoms with E-state index in [1.807, 2.05) is 0 Å². The van der Waals surface area contributed by atoms with Gasteiger partial charge in [0.25, 0.3) is 0 Å². The maximum atomic E-state index is 13.1. The summed E-state index contributed by atoms with van der Waals surface area (Å²) in [6.45, 7) is 3.36. The van der Waals surface area contributed by atoms with Crippen molar-refractivity contribution in [2.75, 3.05) is 12.3 Å². The van der Waals surface area contributed by atoms with Crippen LogP contribution in [-0.4, -0.2) is 24.6 Å². The molecule has 0 radical (unpaired) electrons. The third-order valence-electron chi connectivity index (χ3n) is 2.48. The highest BCUT2D eigenvalue weighted by Crippen LogP contribution is 2.19. The van der Waals surface area contributed by atoms with Crippen LogP contribution >= 0.6 is 0 Å².